The largest absolute Gasteiger partial charge is 0.481 e. The van der Waals surface area contributed by atoms with Gasteiger partial charge < -0.3 is 10.4 Å². The van der Waals surface area contributed by atoms with Crippen molar-refractivity contribution in [2.75, 3.05) is 26.2 Å². The number of nitrogens with zero attached hydrogens (tertiary/aromatic N) is 1. The van der Waals surface area contributed by atoms with Crippen LogP contribution in [-0.2, 0) is 9.59 Å². The van der Waals surface area contributed by atoms with Gasteiger partial charge in [-0.05, 0) is 25.3 Å². The molecule has 2 N–H and O–H groups in total. The maximum Gasteiger partial charge on any atom is 0.303 e. The van der Waals surface area contributed by atoms with Gasteiger partial charge in [0.15, 0.2) is 0 Å². The summed E-state index contributed by atoms with van der Waals surface area (Å²) in [6.07, 6.45) is 3.57. The molecule has 0 aliphatic carbocycles. The van der Waals surface area contributed by atoms with Gasteiger partial charge in [-0.1, -0.05) is 6.08 Å². The van der Waals surface area contributed by atoms with Gasteiger partial charge in [0.05, 0.1) is 6.54 Å². The van der Waals surface area contributed by atoms with Crippen LogP contribution in [0, 0.1) is 5.92 Å². The lowest BCUT2D eigenvalue weighted by atomic mass is 10.0. The molecular weight excluding hydrogens is 220 g/mol. The Bertz CT molecular complexity index is 291. The number of carbonyl (C=O) groups excluding carboxylic acids is 1. The number of amides is 1. The highest BCUT2D eigenvalue weighted by atomic mass is 16.4. The summed E-state index contributed by atoms with van der Waals surface area (Å²) in [5.41, 5.74) is 0. The van der Waals surface area contributed by atoms with Crippen molar-refractivity contribution in [1.82, 2.24) is 10.2 Å². The highest BCUT2D eigenvalue weighted by Gasteiger charge is 2.24. The molecule has 1 fully saturated rings. The molecule has 1 unspecified atom stereocenters. The standard InChI is InChI=1S/C12H20N2O3/c1-2-6-13-11(15)9-14-7-5-10(8-14)3-4-12(16)17/h2,10H,1,3-9H2,(H,13,15)(H,16,17). The zero-order valence-corrected chi connectivity index (χ0v) is 10.0. The Morgan fingerprint density at radius 3 is 2.94 bits per heavy atom. The SMILES string of the molecule is C=CCNC(=O)CN1CCC(CCC(=O)O)C1. The van der Waals surface area contributed by atoms with Gasteiger partial charge in [0, 0.05) is 19.5 Å². The molecule has 0 spiro atoms. The number of hydrogen-bond acceptors (Lipinski definition) is 3. The van der Waals surface area contributed by atoms with E-state index < -0.39 is 5.97 Å². The fourth-order valence-electron chi connectivity index (χ4n) is 2.06. The average Bonchev–Trinajstić information content (AvgIpc) is 2.71. The van der Waals surface area contributed by atoms with Crippen LogP contribution < -0.4 is 5.32 Å². The zero-order valence-electron chi connectivity index (χ0n) is 10.0. The summed E-state index contributed by atoms with van der Waals surface area (Å²) in [4.78, 5) is 24.0. The van der Waals surface area contributed by atoms with E-state index in [1.165, 1.54) is 0 Å². The predicted molar refractivity (Wildman–Crippen MR) is 64.6 cm³/mol. The molecule has 1 saturated heterocycles. The van der Waals surface area contributed by atoms with Gasteiger partial charge in [0.25, 0.3) is 0 Å². The maximum absolute atomic E-state index is 11.4. The van der Waals surface area contributed by atoms with Gasteiger partial charge in [-0.15, -0.1) is 6.58 Å². The van der Waals surface area contributed by atoms with E-state index in [4.69, 9.17) is 5.11 Å². The third-order valence-corrected chi connectivity index (χ3v) is 2.95. The van der Waals surface area contributed by atoms with Crippen molar-refractivity contribution in [2.24, 2.45) is 5.92 Å². The molecule has 0 saturated carbocycles. The topological polar surface area (TPSA) is 69.6 Å². The van der Waals surface area contributed by atoms with Crippen LogP contribution in [0.2, 0.25) is 0 Å². The molecule has 0 bridgehead atoms. The number of carboxylic acids is 1. The minimum absolute atomic E-state index is 0.00350. The molecule has 0 aromatic rings. The highest BCUT2D eigenvalue weighted by Crippen LogP contribution is 2.20. The van der Waals surface area contributed by atoms with Gasteiger partial charge in [-0.25, -0.2) is 0 Å². The van der Waals surface area contributed by atoms with E-state index in [1.54, 1.807) is 6.08 Å². The summed E-state index contributed by atoms with van der Waals surface area (Å²) in [5, 5.41) is 11.3. The van der Waals surface area contributed by atoms with E-state index in [-0.39, 0.29) is 12.3 Å². The first kappa shape index (κ1) is 13.7. The Balaban J connectivity index is 2.18. The number of rotatable bonds is 7. The quantitative estimate of drug-likeness (QED) is 0.635. The lowest BCUT2D eigenvalue weighted by molar-refractivity contribution is -0.137. The van der Waals surface area contributed by atoms with E-state index in [9.17, 15) is 9.59 Å². The Morgan fingerprint density at radius 2 is 2.29 bits per heavy atom. The van der Waals surface area contributed by atoms with Crippen LogP contribution in [0.1, 0.15) is 19.3 Å². The van der Waals surface area contributed by atoms with Crippen LogP contribution in [0.25, 0.3) is 0 Å². The van der Waals surface area contributed by atoms with Crippen molar-refractivity contribution in [2.45, 2.75) is 19.3 Å². The second-order valence-corrected chi connectivity index (χ2v) is 4.41. The molecule has 96 valence electrons. The second-order valence-electron chi connectivity index (χ2n) is 4.41. The number of carboxylic acid groups (broad SMARTS) is 1. The average molecular weight is 240 g/mol. The van der Waals surface area contributed by atoms with Gasteiger partial charge in [-0.3, -0.25) is 14.5 Å². The van der Waals surface area contributed by atoms with Crippen molar-refractivity contribution in [3.8, 4) is 0 Å². The minimum atomic E-state index is -0.743. The Morgan fingerprint density at radius 1 is 1.53 bits per heavy atom. The first-order valence-electron chi connectivity index (χ1n) is 5.93. The molecule has 1 aliphatic rings. The molecule has 5 nitrogen and oxygen atoms in total. The number of carbonyl (C=O) groups is 2. The third kappa shape index (κ3) is 5.49. The monoisotopic (exact) mass is 240 g/mol. The summed E-state index contributed by atoms with van der Waals surface area (Å²) in [6.45, 7) is 6.14. The predicted octanol–water partition coefficient (Wildman–Crippen LogP) is 0.475. The number of nitrogens with one attached hydrogen (secondary N) is 1. The molecule has 1 heterocycles. The first-order valence-corrected chi connectivity index (χ1v) is 5.93. The summed E-state index contributed by atoms with van der Waals surface area (Å²) in [5.74, 6) is -0.325. The first-order chi connectivity index (χ1) is 8.11. The summed E-state index contributed by atoms with van der Waals surface area (Å²) in [6, 6.07) is 0. The molecule has 1 atom stereocenters. The van der Waals surface area contributed by atoms with Crippen LogP contribution in [0.5, 0.6) is 0 Å². The van der Waals surface area contributed by atoms with Crippen LogP contribution in [-0.4, -0.2) is 48.1 Å². The van der Waals surface area contributed by atoms with Crippen LogP contribution in [0.3, 0.4) is 0 Å². The van der Waals surface area contributed by atoms with E-state index >= 15 is 0 Å². The van der Waals surface area contributed by atoms with Crippen LogP contribution >= 0.6 is 0 Å². The molecule has 1 amide bonds. The number of aliphatic carboxylic acids is 1. The fourth-order valence-corrected chi connectivity index (χ4v) is 2.06. The Kier molecular flexibility index (Phi) is 5.69. The van der Waals surface area contributed by atoms with Crippen molar-refractivity contribution in [1.29, 1.82) is 0 Å². The normalized spacial score (nSPS) is 20.1. The summed E-state index contributed by atoms with van der Waals surface area (Å²) >= 11 is 0. The number of hydrogen-bond donors (Lipinski definition) is 2. The van der Waals surface area contributed by atoms with Crippen molar-refractivity contribution < 1.29 is 14.7 Å². The smallest absolute Gasteiger partial charge is 0.303 e. The molecule has 1 rings (SSSR count). The zero-order chi connectivity index (χ0) is 12.7. The summed E-state index contributed by atoms with van der Waals surface area (Å²) < 4.78 is 0. The molecule has 1 aliphatic heterocycles. The van der Waals surface area contributed by atoms with Gasteiger partial charge in [0.2, 0.25) is 5.91 Å². The van der Waals surface area contributed by atoms with Crippen molar-refractivity contribution in [3.63, 3.8) is 0 Å². The van der Waals surface area contributed by atoms with Gasteiger partial charge >= 0.3 is 5.97 Å². The third-order valence-electron chi connectivity index (χ3n) is 2.95. The lowest BCUT2D eigenvalue weighted by Crippen LogP contribution is -2.36. The van der Waals surface area contributed by atoms with E-state index in [0.29, 0.717) is 25.4 Å². The number of likely N-dealkylation sites (tertiary alicyclic amines) is 1. The minimum Gasteiger partial charge on any atom is -0.481 e. The fraction of sp³-hybridized carbons (Fsp3) is 0.667. The molecule has 0 aromatic carbocycles. The molecule has 0 aromatic heterocycles. The lowest BCUT2D eigenvalue weighted by Gasteiger charge is -2.15. The Hall–Kier alpha value is -1.36. The molecule has 5 heteroatoms. The van der Waals surface area contributed by atoms with E-state index in [1.807, 2.05) is 0 Å². The van der Waals surface area contributed by atoms with Crippen LogP contribution in [0.15, 0.2) is 12.7 Å². The second kappa shape index (κ2) is 7.06. The highest BCUT2D eigenvalue weighted by molar-refractivity contribution is 5.78. The molecule has 17 heavy (non-hydrogen) atoms. The van der Waals surface area contributed by atoms with Crippen molar-refractivity contribution >= 4 is 11.9 Å². The maximum atomic E-state index is 11.4. The van der Waals surface area contributed by atoms with Crippen molar-refractivity contribution in [3.05, 3.63) is 12.7 Å². The van der Waals surface area contributed by atoms with Crippen LogP contribution in [0.4, 0.5) is 0 Å². The van der Waals surface area contributed by atoms with Gasteiger partial charge in [0.1, 0.15) is 0 Å². The van der Waals surface area contributed by atoms with Gasteiger partial charge in [-0.2, -0.15) is 0 Å². The molecule has 0 radical (unpaired) electrons. The van der Waals surface area contributed by atoms with E-state index in [0.717, 1.165) is 19.5 Å². The summed E-state index contributed by atoms with van der Waals surface area (Å²) in [7, 11) is 0. The van der Waals surface area contributed by atoms with E-state index in [2.05, 4.69) is 16.8 Å². The molecular formula is C12H20N2O3. The Labute approximate surface area is 101 Å².